The molecule has 1 aromatic rings. The summed E-state index contributed by atoms with van der Waals surface area (Å²) in [5.41, 5.74) is 0. The van der Waals surface area contributed by atoms with Crippen LogP contribution >= 0.6 is 11.8 Å². The summed E-state index contributed by atoms with van der Waals surface area (Å²) >= 11 is 1.89. The SMILES string of the molecule is CC1CC(C(=O)O)C(c2nc(C3CSCCN3C)no2)C1. The normalized spacial score (nSPS) is 34.2. The van der Waals surface area contributed by atoms with Crippen molar-refractivity contribution in [1.29, 1.82) is 0 Å². The van der Waals surface area contributed by atoms with Gasteiger partial charge in [-0.1, -0.05) is 12.1 Å². The third kappa shape index (κ3) is 2.94. The van der Waals surface area contributed by atoms with Crippen molar-refractivity contribution in [3.8, 4) is 0 Å². The molecule has 4 atom stereocenters. The van der Waals surface area contributed by atoms with Gasteiger partial charge in [-0.25, -0.2) is 0 Å². The Morgan fingerprint density at radius 2 is 2.29 bits per heavy atom. The summed E-state index contributed by atoms with van der Waals surface area (Å²) in [6.07, 6.45) is 1.50. The molecule has 1 N–H and O–H groups in total. The van der Waals surface area contributed by atoms with Gasteiger partial charge in [0, 0.05) is 18.1 Å². The first-order chi connectivity index (χ1) is 10.1. The zero-order valence-electron chi connectivity index (χ0n) is 12.4. The van der Waals surface area contributed by atoms with Crippen LogP contribution in [0.1, 0.15) is 43.4 Å². The van der Waals surface area contributed by atoms with Crippen molar-refractivity contribution in [2.75, 3.05) is 25.1 Å². The highest BCUT2D eigenvalue weighted by atomic mass is 32.2. The van der Waals surface area contributed by atoms with E-state index in [-0.39, 0.29) is 12.0 Å². The van der Waals surface area contributed by atoms with Crippen LogP contribution in [-0.2, 0) is 4.79 Å². The summed E-state index contributed by atoms with van der Waals surface area (Å²) < 4.78 is 5.42. The number of nitrogens with zero attached hydrogens (tertiary/aromatic N) is 3. The number of carbonyl (C=O) groups is 1. The van der Waals surface area contributed by atoms with E-state index in [4.69, 9.17) is 4.52 Å². The molecular weight excluding hydrogens is 290 g/mol. The maximum absolute atomic E-state index is 11.4. The van der Waals surface area contributed by atoms with E-state index in [1.54, 1.807) is 0 Å². The molecule has 6 nitrogen and oxygen atoms in total. The molecule has 21 heavy (non-hydrogen) atoms. The number of aromatic nitrogens is 2. The second kappa shape index (κ2) is 5.96. The number of rotatable bonds is 3. The lowest BCUT2D eigenvalue weighted by molar-refractivity contribution is -0.142. The van der Waals surface area contributed by atoms with Gasteiger partial charge in [0.1, 0.15) is 0 Å². The molecule has 116 valence electrons. The molecule has 0 spiro atoms. The summed E-state index contributed by atoms with van der Waals surface area (Å²) in [5, 5.41) is 13.5. The lowest BCUT2D eigenvalue weighted by Crippen LogP contribution is -2.33. The highest BCUT2D eigenvalue weighted by Gasteiger charge is 2.41. The van der Waals surface area contributed by atoms with Gasteiger partial charge in [0.2, 0.25) is 5.89 Å². The van der Waals surface area contributed by atoms with Gasteiger partial charge in [-0.05, 0) is 25.8 Å². The van der Waals surface area contributed by atoms with E-state index in [1.807, 2.05) is 11.8 Å². The fourth-order valence-corrected chi connectivity index (χ4v) is 4.54. The molecule has 1 aliphatic heterocycles. The second-order valence-corrected chi connectivity index (χ2v) is 7.34. The highest BCUT2D eigenvalue weighted by Crippen LogP contribution is 2.42. The molecule has 7 heteroatoms. The van der Waals surface area contributed by atoms with Crippen molar-refractivity contribution < 1.29 is 14.4 Å². The molecule has 2 fully saturated rings. The van der Waals surface area contributed by atoms with Gasteiger partial charge in [-0.15, -0.1) is 0 Å². The molecule has 1 aromatic heterocycles. The van der Waals surface area contributed by atoms with Crippen LogP contribution in [0.4, 0.5) is 0 Å². The molecule has 2 aliphatic rings. The molecule has 1 saturated carbocycles. The molecule has 3 rings (SSSR count). The molecule has 0 bridgehead atoms. The Labute approximate surface area is 128 Å². The van der Waals surface area contributed by atoms with E-state index in [0.29, 0.717) is 24.1 Å². The number of hydrogen-bond donors (Lipinski definition) is 1. The van der Waals surface area contributed by atoms with E-state index in [9.17, 15) is 9.90 Å². The topological polar surface area (TPSA) is 79.5 Å². The molecule has 4 unspecified atom stereocenters. The molecule has 2 heterocycles. The summed E-state index contributed by atoms with van der Waals surface area (Å²) in [4.78, 5) is 18.2. The molecular formula is C14H21N3O3S. The van der Waals surface area contributed by atoms with Crippen molar-refractivity contribution >= 4 is 17.7 Å². The standard InChI is InChI=1S/C14H21N3O3S/c1-8-5-9(10(6-8)14(18)19)13-15-12(16-20-13)11-7-21-4-3-17(11)2/h8-11H,3-7H2,1-2H3,(H,18,19). The first-order valence-corrected chi connectivity index (χ1v) is 8.56. The average molecular weight is 311 g/mol. The third-order valence-electron chi connectivity index (χ3n) is 4.58. The molecule has 0 aromatic carbocycles. The Bertz CT molecular complexity index is 521. The van der Waals surface area contributed by atoms with Crippen LogP contribution in [0.15, 0.2) is 4.52 Å². The van der Waals surface area contributed by atoms with E-state index in [1.165, 1.54) is 0 Å². The average Bonchev–Trinajstić information content (AvgIpc) is 3.05. The Kier molecular flexibility index (Phi) is 4.21. The van der Waals surface area contributed by atoms with Crippen molar-refractivity contribution in [1.82, 2.24) is 15.0 Å². The van der Waals surface area contributed by atoms with Crippen LogP contribution in [0.25, 0.3) is 0 Å². The van der Waals surface area contributed by atoms with Crippen LogP contribution in [0.2, 0.25) is 0 Å². The predicted molar refractivity (Wildman–Crippen MR) is 79.3 cm³/mol. The number of carboxylic acids is 1. The van der Waals surface area contributed by atoms with Crippen LogP contribution in [-0.4, -0.2) is 51.2 Å². The minimum absolute atomic E-state index is 0.139. The van der Waals surface area contributed by atoms with Crippen molar-refractivity contribution in [3.05, 3.63) is 11.7 Å². The van der Waals surface area contributed by atoms with E-state index in [2.05, 4.69) is 29.0 Å². The summed E-state index contributed by atoms with van der Waals surface area (Å²) in [5.74, 6) is 2.38. The van der Waals surface area contributed by atoms with Gasteiger partial charge in [-0.3, -0.25) is 9.69 Å². The monoisotopic (exact) mass is 311 g/mol. The van der Waals surface area contributed by atoms with Gasteiger partial charge in [0.05, 0.1) is 17.9 Å². The largest absolute Gasteiger partial charge is 0.481 e. The zero-order chi connectivity index (χ0) is 15.0. The highest BCUT2D eigenvalue weighted by molar-refractivity contribution is 7.99. The Hall–Kier alpha value is -1.08. The van der Waals surface area contributed by atoms with E-state index in [0.717, 1.165) is 24.5 Å². The fourth-order valence-electron chi connectivity index (χ4n) is 3.33. The summed E-state index contributed by atoms with van der Waals surface area (Å²) in [7, 11) is 2.07. The number of hydrogen-bond acceptors (Lipinski definition) is 6. The summed E-state index contributed by atoms with van der Waals surface area (Å²) in [6.45, 7) is 3.09. The van der Waals surface area contributed by atoms with Gasteiger partial charge in [-0.2, -0.15) is 16.7 Å². The lowest BCUT2D eigenvalue weighted by Gasteiger charge is -2.29. The Morgan fingerprint density at radius 3 is 3.00 bits per heavy atom. The van der Waals surface area contributed by atoms with Crippen molar-refractivity contribution in [2.45, 2.75) is 31.7 Å². The van der Waals surface area contributed by atoms with Crippen LogP contribution in [0.3, 0.4) is 0 Å². The van der Waals surface area contributed by atoms with E-state index >= 15 is 0 Å². The first-order valence-electron chi connectivity index (χ1n) is 7.40. The van der Waals surface area contributed by atoms with Gasteiger partial charge in [0.25, 0.3) is 0 Å². The Balaban J connectivity index is 1.79. The molecule has 1 aliphatic carbocycles. The van der Waals surface area contributed by atoms with E-state index < -0.39 is 11.9 Å². The maximum atomic E-state index is 11.4. The fraction of sp³-hybridized carbons (Fsp3) is 0.786. The van der Waals surface area contributed by atoms with Crippen molar-refractivity contribution in [3.63, 3.8) is 0 Å². The number of aliphatic carboxylic acids is 1. The predicted octanol–water partition coefficient (Wildman–Crippen LogP) is 2.00. The minimum Gasteiger partial charge on any atom is -0.481 e. The summed E-state index contributed by atoms with van der Waals surface area (Å²) in [6, 6.07) is 0.170. The van der Waals surface area contributed by atoms with Crippen molar-refractivity contribution in [2.24, 2.45) is 11.8 Å². The quantitative estimate of drug-likeness (QED) is 0.914. The molecule has 1 saturated heterocycles. The minimum atomic E-state index is -0.755. The maximum Gasteiger partial charge on any atom is 0.307 e. The van der Waals surface area contributed by atoms with Gasteiger partial charge >= 0.3 is 5.97 Å². The van der Waals surface area contributed by atoms with Gasteiger partial charge < -0.3 is 9.63 Å². The first kappa shape index (κ1) is 14.8. The number of carboxylic acid groups (broad SMARTS) is 1. The third-order valence-corrected chi connectivity index (χ3v) is 5.61. The lowest BCUT2D eigenvalue weighted by atomic mass is 9.96. The molecule has 0 radical (unpaired) electrons. The van der Waals surface area contributed by atoms with Crippen LogP contribution < -0.4 is 0 Å². The molecule has 0 amide bonds. The Morgan fingerprint density at radius 1 is 1.48 bits per heavy atom. The van der Waals surface area contributed by atoms with Gasteiger partial charge in [0.15, 0.2) is 5.82 Å². The smallest absolute Gasteiger partial charge is 0.307 e. The number of thioether (sulfide) groups is 1. The zero-order valence-corrected chi connectivity index (χ0v) is 13.2. The second-order valence-electron chi connectivity index (χ2n) is 6.19. The van der Waals surface area contributed by atoms with Crippen LogP contribution in [0.5, 0.6) is 0 Å². The van der Waals surface area contributed by atoms with Crippen LogP contribution in [0, 0.1) is 11.8 Å².